The van der Waals surface area contributed by atoms with Crippen LogP contribution in [-0.4, -0.2) is 10.5 Å². The van der Waals surface area contributed by atoms with Crippen LogP contribution in [-0.2, 0) is 11.4 Å². The summed E-state index contributed by atoms with van der Waals surface area (Å²) in [5, 5.41) is 13.0. The molecule has 186 valence electrons. The number of nitrogens with one attached hydrogen (secondary N) is 1. The molecule has 0 aliphatic carbocycles. The van der Waals surface area contributed by atoms with Crippen LogP contribution in [0.15, 0.2) is 82.8 Å². The van der Waals surface area contributed by atoms with Crippen molar-refractivity contribution < 1.29 is 9.53 Å². The number of hydrogen-bond donors (Lipinski definition) is 1. The predicted molar refractivity (Wildman–Crippen MR) is 152 cm³/mol. The van der Waals surface area contributed by atoms with Crippen molar-refractivity contribution in [2.75, 3.05) is 5.32 Å². The van der Waals surface area contributed by atoms with Crippen molar-refractivity contribution in [1.29, 1.82) is 5.26 Å². The highest BCUT2D eigenvalue weighted by Gasteiger charge is 2.14. The normalized spacial score (nSPS) is 11.2. The van der Waals surface area contributed by atoms with Crippen molar-refractivity contribution in [3.05, 3.63) is 116 Å². The summed E-state index contributed by atoms with van der Waals surface area (Å²) >= 11 is 9.60. The van der Waals surface area contributed by atoms with Crippen LogP contribution < -0.4 is 10.1 Å². The van der Waals surface area contributed by atoms with Crippen LogP contribution in [0.1, 0.15) is 28.1 Å². The molecule has 0 bridgehead atoms. The Labute approximate surface area is 230 Å². The number of amides is 1. The SMILES string of the molecule is Cc1ccc(NC(=O)/C(C#N)=C\c2cc(C)n(-c3ccc(OCc4ccc(Br)cc4)cc3)c2C)cc1Cl. The van der Waals surface area contributed by atoms with Crippen LogP contribution in [0.25, 0.3) is 11.8 Å². The first-order chi connectivity index (χ1) is 17.7. The highest BCUT2D eigenvalue weighted by atomic mass is 79.9. The summed E-state index contributed by atoms with van der Waals surface area (Å²) in [6.45, 7) is 6.32. The zero-order valence-electron chi connectivity index (χ0n) is 20.7. The Morgan fingerprint density at radius 2 is 1.76 bits per heavy atom. The summed E-state index contributed by atoms with van der Waals surface area (Å²) in [4.78, 5) is 12.8. The second-order valence-electron chi connectivity index (χ2n) is 8.66. The number of carbonyl (C=O) groups excluding carboxylic acids is 1. The standard InChI is InChI=1S/C30H25BrClN3O2/c1-19-4-9-26(16-29(19)32)34-30(36)24(17-33)15-23-14-20(2)35(21(23)3)27-10-12-28(13-11-27)37-18-22-5-7-25(31)8-6-22/h4-16H,18H2,1-3H3,(H,34,36)/b24-15-. The molecule has 7 heteroatoms. The van der Waals surface area contributed by atoms with Gasteiger partial charge in [-0.15, -0.1) is 0 Å². The van der Waals surface area contributed by atoms with Gasteiger partial charge in [0.25, 0.3) is 5.91 Å². The van der Waals surface area contributed by atoms with Crippen molar-refractivity contribution in [3.8, 4) is 17.5 Å². The maximum absolute atomic E-state index is 12.8. The zero-order valence-corrected chi connectivity index (χ0v) is 23.0. The van der Waals surface area contributed by atoms with Gasteiger partial charge >= 0.3 is 0 Å². The van der Waals surface area contributed by atoms with Crippen LogP contribution >= 0.6 is 27.5 Å². The molecular weight excluding hydrogens is 550 g/mol. The van der Waals surface area contributed by atoms with E-state index in [0.29, 0.717) is 17.3 Å². The van der Waals surface area contributed by atoms with Crippen molar-refractivity contribution in [2.24, 2.45) is 0 Å². The Hall–Kier alpha value is -3.79. The minimum absolute atomic E-state index is 0.00800. The van der Waals surface area contributed by atoms with Gasteiger partial charge in [0.05, 0.1) is 0 Å². The van der Waals surface area contributed by atoms with Crippen molar-refractivity contribution >= 4 is 45.2 Å². The Morgan fingerprint density at radius 1 is 1.05 bits per heavy atom. The van der Waals surface area contributed by atoms with E-state index in [1.807, 2.05) is 87.5 Å². The second-order valence-corrected chi connectivity index (χ2v) is 9.98. The van der Waals surface area contributed by atoms with E-state index in [4.69, 9.17) is 16.3 Å². The van der Waals surface area contributed by atoms with E-state index in [1.165, 1.54) is 0 Å². The fourth-order valence-corrected chi connectivity index (χ4v) is 4.39. The minimum atomic E-state index is -0.487. The molecule has 0 saturated carbocycles. The van der Waals surface area contributed by atoms with E-state index in [1.54, 1.807) is 18.2 Å². The monoisotopic (exact) mass is 573 g/mol. The zero-order chi connectivity index (χ0) is 26.5. The van der Waals surface area contributed by atoms with Gasteiger partial charge < -0.3 is 14.6 Å². The third kappa shape index (κ3) is 6.32. The van der Waals surface area contributed by atoms with E-state index in [2.05, 4.69) is 25.8 Å². The van der Waals surface area contributed by atoms with Gasteiger partial charge in [-0.1, -0.05) is 45.7 Å². The number of carbonyl (C=O) groups is 1. The molecule has 3 aromatic carbocycles. The molecule has 1 amide bonds. The van der Waals surface area contributed by atoms with Crippen molar-refractivity contribution in [1.82, 2.24) is 4.57 Å². The summed E-state index contributed by atoms with van der Waals surface area (Å²) in [6, 6.07) is 25.1. The van der Waals surface area contributed by atoms with Crippen molar-refractivity contribution in [2.45, 2.75) is 27.4 Å². The number of rotatable bonds is 7. The average molecular weight is 575 g/mol. The fourth-order valence-electron chi connectivity index (χ4n) is 3.94. The number of nitriles is 1. The maximum Gasteiger partial charge on any atom is 0.266 e. The quantitative estimate of drug-likeness (QED) is 0.180. The van der Waals surface area contributed by atoms with E-state index in [0.717, 1.165) is 44.0 Å². The first-order valence-electron chi connectivity index (χ1n) is 11.6. The maximum atomic E-state index is 12.8. The van der Waals surface area contributed by atoms with Gasteiger partial charge in [-0.3, -0.25) is 4.79 Å². The number of ether oxygens (including phenoxy) is 1. The Balaban J connectivity index is 1.51. The predicted octanol–water partition coefficient (Wildman–Crippen LogP) is 7.94. The van der Waals surface area contributed by atoms with Crippen molar-refractivity contribution in [3.63, 3.8) is 0 Å². The van der Waals surface area contributed by atoms with Crippen LogP contribution in [0.2, 0.25) is 5.02 Å². The number of anilines is 1. The molecule has 0 saturated heterocycles. The molecule has 4 rings (SSSR count). The topological polar surface area (TPSA) is 67.0 Å². The smallest absolute Gasteiger partial charge is 0.266 e. The number of hydrogen-bond acceptors (Lipinski definition) is 3. The lowest BCUT2D eigenvalue weighted by atomic mass is 10.1. The molecular formula is C30H25BrClN3O2. The lowest BCUT2D eigenvalue weighted by Crippen LogP contribution is -2.13. The van der Waals surface area contributed by atoms with Gasteiger partial charge in [0.15, 0.2) is 0 Å². The molecule has 37 heavy (non-hydrogen) atoms. The summed E-state index contributed by atoms with van der Waals surface area (Å²) in [7, 11) is 0. The lowest BCUT2D eigenvalue weighted by Gasteiger charge is -2.12. The second kappa shape index (κ2) is 11.5. The minimum Gasteiger partial charge on any atom is -0.489 e. The third-order valence-corrected chi connectivity index (χ3v) is 6.91. The Morgan fingerprint density at radius 3 is 2.41 bits per heavy atom. The number of halogens is 2. The fraction of sp³-hybridized carbons (Fsp3) is 0.133. The number of nitrogens with zero attached hydrogens (tertiary/aromatic N) is 2. The number of benzene rings is 3. The first-order valence-corrected chi connectivity index (χ1v) is 12.8. The first kappa shape index (κ1) is 26.3. The van der Waals surface area contributed by atoms with Crippen LogP contribution in [0.3, 0.4) is 0 Å². The average Bonchev–Trinajstić information content (AvgIpc) is 3.17. The molecule has 0 unspecified atom stereocenters. The van der Waals surface area contributed by atoms with E-state index in [9.17, 15) is 10.1 Å². The molecule has 0 atom stereocenters. The number of aryl methyl sites for hydroxylation is 2. The van der Waals surface area contributed by atoms with Gasteiger partial charge in [-0.05, 0) is 98.1 Å². The molecule has 0 fully saturated rings. The molecule has 1 N–H and O–H groups in total. The molecule has 0 aliphatic heterocycles. The van der Waals surface area contributed by atoms with Gasteiger partial charge in [-0.25, -0.2) is 0 Å². The molecule has 1 heterocycles. The Kier molecular flexibility index (Phi) is 8.17. The van der Waals surface area contributed by atoms with E-state index < -0.39 is 5.91 Å². The largest absolute Gasteiger partial charge is 0.489 e. The van der Waals surface area contributed by atoms with Crippen LogP contribution in [0.5, 0.6) is 5.75 Å². The summed E-state index contributed by atoms with van der Waals surface area (Å²) in [5.41, 5.74) is 6.19. The molecule has 0 aliphatic rings. The van der Waals surface area contributed by atoms with Crippen LogP contribution in [0, 0.1) is 32.1 Å². The lowest BCUT2D eigenvalue weighted by molar-refractivity contribution is -0.112. The Bertz CT molecular complexity index is 1510. The summed E-state index contributed by atoms with van der Waals surface area (Å²) < 4.78 is 9.04. The van der Waals surface area contributed by atoms with Gasteiger partial charge in [0, 0.05) is 32.3 Å². The van der Waals surface area contributed by atoms with Gasteiger partial charge in [0.1, 0.15) is 24.0 Å². The highest BCUT2D eigenvalue weighted by Crippen LogP contribution is 2.26. The van der Waals surface area contributed by atoms with Crippen LogP contribution in [0.4, 0.5) is 5.69 Å². The van der Waals surface area contributed by atoms with E-state index in [-0.39, 0.29) is 5.57 Å². The van der Waals surface area contributed by atoms with Gasteiger partial charge in [-0.2, -0.15) is 5.26 Å². The molecule has 5 nitrogen and oxygen atoms in total. The molecule has 1 aromatic heterocycles. The highest BCUT2D eigenvalue weighted by molar-refractivity contribution is 9.10. The summed E-state index contributed by atoms with van der Waals surface area (Å²) in [5.74, 6) is 0.286. The number of aromatic nitrogens is 1. The molecule has 0 spiro atoms. The molecule has 0 radical (unpaired) electrons. The summed E-state index contributed by atoms with van der Waals surface area (Å²) in [6.07, 6.45) is 1.61. The van der Waals surface area contributed by atoms with Gasteiger partial charge in [0.2, 0.25) is 0 Å². The van der Waals surface area contributed by atoms with E-state index >= 15 is 0 Å². The molecule has 4 aromatic rings. The third-order valence-electron chi connectivity index (χ3n) is 5.98.